The highest BCUT2D eigenvalue weighted by Gasteiger charge is 2.19. The number of nitrogens with zero attached hydrogens (tertiary/aromatic N) is 1. The average Bonchev–Trinajstić information content (AvgIpc) is 3.11. The molecule has 114 valence electrons. The second-order valence-corrected chi connectivity index (χ2v) is 6.89. The molecule has 0 saturated carbocycles. The lowest BCUT2D eigenvalue weighted by Gasteiger charge is -2.16. The summed E-state index contributed by atoms with van der Waals surface area (Å²) in [5.74, 6) is 0. The summed E-state index contributed by atoms with van der Waals surface area (Å²) < 4.78 is 2.41. The molecular formula is C18H26N2S. The van der Waals surface area contributed by atoms with E-state index in [9.17, 15) is 0 Å². The van der Waals surface area contributed by atoms with Crippen LogP contribution >= 0.6 is 11.3 Å². The SMILES string of the molecule is CCCNC1CCCCc2cn(CCc3ccsc3)cc21. The minimum atomic E-state index is 0.574. The van der Waals surface area contributed by atoms with Crippen molar-refractivity contribution < 1.29 is 0 Å². The lowest BCUT2D eigenvalue weighted by molar-refractivity contribution is 0.487. The van der Waals surface area contributed by atoms with E-state index in [0.29, 0.717) is 6.04 Å². The largest absolute Gasteiger partial charge is 0.353 e. The molecule has 2 aromatic heterocycles. The summed E-state index contributed by atoms with van der Waals surface area (Å²) in [6.45, 7) is 4.48. The van der Waals surface area contributed by atoms with Crippen LogP contribution in [0.25, 0.3) is 0 Å². The van der Waals surface area contributed by atoms with E-state index in [4.69, 9.17) is 0 Å². The Balaban J connectivity index is 1.70. The molecule has 0 radical (unpaired) electrons. The molecule has 0 amide bonds. The molecule has 0 aromatic carbocycles. The summed E-state index contributed by atoms with van der Waals surface area (Å²) in [5.41, 5.74) is 4.60. The van der Waals surface area contributed by atoms with E-state index in [1.807, 2.05) is 0 Å². The zero-order chi connectivity index (χ0) is 14.5. The number of nitrogens with one attached hydrogen (secondary N) is 1. The van der Waals surface area contributed by atoms with Crippen molar-refractivity contribution in [3.8, 4) is 0 Å². The predicted octanol–water partition coefficient (Wildman–Crippen LogP) is 4.56. The van der Waals surface area contributed by atoms with E-state index >= 15 is 0 Å². The van der Waals surface area contributed by atoms with Gasteiger partial charge in [0, 0.05) is 25.0 Å². The van der Waals surface area contributed by atoms with Gasteiger partial charge in [-0.2, -0.15) is 11.3 Å². The van der Waals surface area contributed by atoms with Crippen LogP contribution in [0.3, 0.4) is 0 Å². The first-order chi connectivity index (χ1) is 10.4. The Labute approximate surface area is 132 Å². The molecule has 0 aliphatic heterocycles. The summed E-state index contributed by atoms with van der Waals surface area (Å²) in [6, 6.07) is 2.81. The molecule has 1 unspecified atom stereocenters. The summed E-state index contributed by atoms with van der Waals surface area (Å²) in [7, 11) is 0. The van der Waals surface area contributed by atoms with Crippen LogP contribution in [0.2, 0.25) is 0 Å². The molecule has 0 bridgehead atoms. The van der Waals surface area contributed by atoms with E-state index in [-0.39, 0.29) is 0 Å². The second-order valence-electron chi connectivity index (χ2n) is 6.11. The summed E-state index contributed by atoms with van der Waals surface area (Å²) in [4.78, 5) is 0. The molecular weight excluding hydrogens is 276 g/mol. The van der Waals surface area contributed by atoms with Gasteiger partial charge in [-0.3, -0.25) is 0 Å². The molecule has 3 rings (SSSR count). The number of aromatic nitrogens is 1. The fourth-order valence-corrected chi connectivity index (χ4v) is 3.97. The third-order valence-electron chi connectivity index (χ3n) is 4.44. The molecule has 1 aliphatic carbocycles. The third-order valence-corrected chi connectivity index (χ3v) is 5.17. The smallest absolute Gasteiger partial charge is 0.0338 e. The molecule has 1 aliphatic rings. The fraction of sp³-hybridized carbons (Fsp3) is 0.556. The van der Waals surface area contributed by atoms with Gasteiger partial charge in [0.1, 0.15) is 0 Å². The maximum absolute atomic E-state index is 3.74. The molecule has 21 heavy (non-hydrogen) atoms. The normalized spacial score (nSPS) is 18.4. The van der Waals surface area contributed by atoms with Crippen molar-refractivity contribution in [1.82, 2.24) is 9.88 Å². The fourth-order valence-electron chi connectivity index (χ4n) is 3.27. The van der Waals surface area contributed by atoms with Gasteiger partial charge in [0.05, 0.1) is 0 Å². The van der Waals surface area contributed by atoms with Crippen molar-refractivity contribution in [1.29, 1.82) is 0 Å². The van der Waals surface area contributed by atoms with Gasteiger partial charge in [0.25, 0.3) is 0 Å². The molecule has 0 fully saturated rings. The van der Waals surface area contributed by atoms with E-state index in [0.717, 1.165) is 19.5 Å². The van der Waals surface area contributed by atoms with Crippen molar-refractivity contribution in [2.24, 2.45) is 0 Å². The van der Waals surface area contributed by atoms with Gasteiger partial charge in [0.15, 0.2) is 0 Å². The van der Waals surface area contributed by atoms with Crippen LogP contribution in [-0.4, -0.2) is 11.1 Å². The zero-order valence-corrected chi connectivity index (χ0v) is 13.8. The Bertz CT molecular complexity index is 542. The highest BCUT2D eigenvalue weighted by molar-refractivity contribution is 7.07. The Kier molecular flexibility index (Phi) is 5.15. The number of thiophene rings is 1. The maximum atomic E-state index is 3.74. The first kappa shape index (κ1) is 14.9. The molecule has 1 N–H and O–H groups in total. The van der Waals surface area contributed by atoms with Crippen molar-refractivity contribution in [2.75, 3.05) is 6.54 Å². The molecule has 0 spiro atoms. The van der Waals surface area contributed by atoms with Crippen LogP contribution < -0.4 is 5.32 Å². The van der Waals surface area contributed by atoms with Crippen molar-refractivity contribution >= 4 is 11.3 Å². The van der Waals surface area contributed by atoms with Gasteiger partial charge in [-0.05, 0) is 72.2 Å². The average molecular weight is 302 g/mol. The molecule has 2 aromatic rings. The topological polar surface area (TPSA) is 17.0 Å². The van der Waals surface area contributed by atoms with Crippen LogP contribution in [0, 0.1) is 0 Å². The van der Waals surface area contributed by atoms with Gasteiger partial charge >= 0.3 is 0 Å². The van der Waals surface area contributed by atoms with E-state index in [2.05, 4.69) is 46.0 Å². The van der Waals surface area contributed by atoms with Crippen molar-refractivity contribution in [3.05, 3.63) is 45.9 Å². The molecule has 1 atom stereocenters. The number of hydrogen-bond acceptors (Lipinski definition) is 2. The van der Waals surface area contributed by atoms with E-state index in [1.54, 1.807) is 22.5 Å². The van der Waals surface area contributed by atoms with Gasteiger partial charge in [-0.1, -0.05) is 13.3 Å². The standard InChI is InChI=1S/C18H26N2S/c1-2-9-19-18-6-4-3-5-16-12-20(13-17(16)18)10-7-15-8-11-21-14-15/h8,11-14,18-19H,2-7,9-10H2,1H3. The van der Waals surface area contributed by atoms with Crippen LogP contribution in [0.4, 0.5) is 0 Å². The predicted molar refractivity (Wildman–Crippen MR) is 91.0 cm³/mol. The molecule has 0 saturated heterocycles. The lowest BCUT2D eigenvalue weighted by Crippen LogP contribution is -2.21. The van der Waals surface area contributed by atoms with Crippen LogP contribution in [0.1, 0.15) is 55.3 Å². The minimum absolute atomic E-state index is 0.574. The van der Waals surface area contributed by atoms with Gasteiger partial charge < -0.3 is 9.88 Å². The quantitative estimate of drug-likeness (QED) is 0.774. The van der Waals surface area contributed by atoms with E-state index in [1.165, 1.54) is 37.7 Å². The highest BCUT2D eigenvalue weighted by atomic mass is 32.1. The first-order valence-electron chi connectivity index (χ1n) is 8.30. The monoisotopic (exact) mass is 302 g/mol. The van der Waals surface area contributed by atoms with Crippen LogP contribution in [0.15, 0.2) is 29.2 Å². The maximum Gasteiger partial charge on any atom is 0.0338 e. The third kappa shape index (κ3) is 3.78. The Morgan fingerprint density at radius 2 is 2.29 bits per heavy atom. The Hall–Kier alpha value is -1.06. The number of fused-ring (bicyclic) bond motifs is 1. The summed E-state index contributed by atoms with van der Waals surface area (Å²) >= 11 is 1.80. The summed E-state index contributed by atoms with van der Waals surface area (Å²) in [5, 5.41) is 8.17. The van der Waals surface area contributed by atoms with Gasteiger partial charge in [-0.15, -0.1) is 0 Å². The van der Waals surface area contributed by atoms with Crippen molar-refractivity contribution in [3.63, 3.8) is 0 Å². The first-order valence-corrected chi connectivity index (χ1v) is 9.24. The Morgan fingerprint density at radius 1 is 1.33 bits per heavy atom. The van der Waals surface area contributed by atoms with E-state index < -0.39 is 0 Å². The van der Waals surface area contributed by atoms with Crippen molar-refractivity contribution in [2.45, 2.75) is 58.0 Å². The minimum Gasteiger partial charge on any atom is -0.353 e. The van der Waals surface area contributed by atoms with Gasteiger partial charge in [0.2, 0.25) is 0 Å². The molecule has 3 heteroatoms. The number of rotatable bonds is 6. The number of hydrogen-bond donors (Lipinski definition) is 1. The summed E-state index contributed by atoms with van der Waals surface area (Å²) in [6.07, 6.45) is 12.4. The van der Waals surface area contributed by atoms with Crippen LogP contribution in [0.5, 0.6) is 0 Å². The Morgan fingerprint density at radius 3 is 3.10 bits per heavy atom. The molecule has 2 heterocycles. The zero-order valence-electron chi connectivity index (χ0n) is 13.0. The number of aryl methyl sites for hydroxylation is 3. The lowest BCUT2D eigenvalue weighted by atomic mass is 10.0. The molecule has 2 nitrogen and oxygen atoms in total. The van der Waals surface area contributed by atoms with Gasteiger partial charge in [-0.25, -0.2) is 0 Å². The second kappa shape index (κ2) is 7.28. The highest BCUT2D eigenvalue weighted by Crippen LogP contribution is 2.29. The van der Waals surface area contributed by atoms with Crippen LogP contribution in [-0.2, 0) is 19.4 Å².